The van der Waals surface area contributed by atoms with Crippen LogP contribution in [0.3, 0.4) is 0 Å². The minimum absolute atomic E-state index is 0.0683. The van der Waals surface area contributed by atoms with Crippen molar-refractivity contribution >= 4 is 17.9 Å². The van der Waals surface area contributed by atoms with Gasteiger partial charge in [0.05, 0.1) is 19.3 Å². The second-order valence-electron chi connectivity index (χ2n) is 8.76. The maximum atomic E-state index is 11.8. The number of carbonyl (C=O) groups is 3. The molecule has 3 fully saturated rings. The Morgan fingerprint density at radius 3 is 2.06 bits per heavy atom. The number of methoxy groups -OCH3 is 1. The van der Waals surface area contributed by atoms with E-state index in [4.69, 9.17) is 42.6 Å². The fourth-order valence-electron chi connectivity index (χ4n) is 4.38. The third-order valence-electron chi connectivity index (χ3n) is 5.48. The van der Waals surface area contributed by atoms with Gasteiger partial charge in [0.15, 0.2) is 36.7 Å². The molecular formula is C21H32O12. The summed E-state index contributed by atoms with van der Waals surface area (Å²) in [6.45, 7) is 8.82. The second kappa shape index (κ2) is 9.80. The van der Waals surface area contributed by atoms with Crippen molar-refractivity contribution < 1.29 is 57.0 Å². The van der Waals surface area contributed by atoms with Gasteiger partial charge < -0.3 is 42.6 Å². The van der Waals surface area contributed by atoms with Crippen LogP contribution in [0.25, 0.3) is 0 Å². The van der Waals surface area contributed by atoms with E-state index in [1.165, 1.54) is 27.9 Å². The molecule has 12 nitrogen and oxygen atoms in total. The molecule has 8 atom stereocenters. The maximum Gasteiger partial charge on any atom is 0.303 e. The first kappa shape index (κ1) is 25.8. The molecule has 0 aromatic rings. The second-order valence-corrected chi connectivity index (χ2v) is 8.76. The van der Waals surface area contributed by atoms with Gasteiger partial charge in [-0.1, -0.05) is 0 Å². The highest BCUT2D eigenvalue weighted by atomic mass is 16.8. The molecule has 3 aliphatic heterocycles. The predicted octanol–water partition coefficient (Wildman–Crippen LogP) is 0.436. The molecule has 12 heteroatoms. The lowest BCUT2D eigenvalue weighted by atomic mass is 9.98. The predicted molar refractivity (Wildman–Crippen MR) is 106 cm³/mol. The molecule has 0 N–H and O–H groups in total. The third kappa shape index (κ3) is 5.64. The summed E-state index contributed by atoms with van der Waals surface area (Å²) in [5.74, 6) is -2.83. The number of esters is 3. The number of rotatable bonds is 7. The van der Waals surface area contributed by atoms with Gasteiger partial charge in [0, 0.05) is 27.9 Å². The van der Waals surface area contributed by atoms with Crippen LogP contribution in [-0.2, 0) is 57.0 Å². The van der Waals surface area contributed by atoms with E-state index in [0.29, 0.717) is 0 Å². The Balaban J connectivity index is 1.83. The molecule has 0 amide bonds. The lowest BCUT2D eigenvalue weighted by molar-refractivity contribution is -0.310. The minimum Gasteiger partial charge on any atom is -0.456 e. The molecule has 3 saturated heterocycles. The van der Waals surface area contributed by atoms with E-state index in [-0.39, 0.29) is 13.2 Å². The summed E-state index contributed by atoms with van der Waals surface area (Å²) < 4.78 is 51.1. The molecule has 0 bridgehead atoms. The van der Waals surface area contributed by atoms with E-state index in [2.05, 4.69) is 0 Å². The van der Waals surface area contributed by atoms with Crippen molar-refractivity contribution in [2.45, 2.75) is 96.0 Å². The summed E-state index contributed by atoms with van der Waals surface area (Å²) in [5.41, 5.74) is -1.01. The number of fused-ring (bicyclic) bond motifs is 1. The van der Waals surface area contributed by atoms with Gasteiger partial charge in [0.2, 0.25) is 0 Å². The summed E-state index contributed by atoms with van der Waals surface area (Å²) >= 11 is 0. The van der Waals surface area contributed by atoms with Gasteiger partial charge in [0.1, 0.15) is 11.7 Å². The molecule has 0 spiro atoms. The zero-order valence-electron chi connectivity index (χ0n) is 19.9. The van der Waals surface area contributed by atoms with E-state index >= 15 is 0 Å². The number of hydrogen-bond donors (Lipinski definition) is 0. The third-order valence-corrected chi connectivity index (χ3v) is 5.48. The molecule has 0 unspecified atom stereocenters. The van der Waals surface area contributed by atoms with Crippen molar-refractivity contribution in [1.82, 2.24) is 0 Å². The Bertz CT molecular complexity index is 754. The van der Waals surface area contributed by atoms with Crippen molar-refractivity contribution in [2.75, 3.05) is 20.3 Å². The van der Waals surface area contributed by atoms with Gasteiger partial charge in [-0.2, -0.15) is 0 Å². The Morgan fingerprint density at radius 2 is 1.48 bits per heavy atom. The van der Waals surface area contributed by atoms with Crippen LogP contribution in [0.1, 0.15) is 41.5 Å². The van der Waals surface area contributed by atoms with Crippen LogP contribution in [0.4, 0.5) is 0 Å². The van der Waals surface area contributed by atoms with Gasteiger partial charge in [-0.3, -0.25) is 14.4 Å². The topological polar surface area (TPSA) is 134 Å². The zero-order valence-corrected chi connectivity index (χ0v) is 19.9. The van der Waals surface area contributed by atoms with Gasteiger partial charge in [-0.25, -0.2) is 0 Å². The number of hydrogen-bond acceptors (Lipinski definition) is 12. The van der Waals surface area contributed by atoms with Crippen molar-refractivity contribution in [3.05, 3.63) is 0 Å². The molecule has 3 aliphatic rings. The van der Waals surface area contributed by atoms with Crippen LogP contribution < -0.4 is 0 Å². The zero-order chi connectivity index (χ0) is 24.6. The van der Waals surface area contributed by atoms with Crippen LogP contribution in [0.15, 0.2) is 0 Å². The normalized spacial score (nSPS) is 39.5. The van der Waals surface area contributed by atoms with Crippen LogP contribution in [0, 0.1) is 0 Å². The molecule has 0 radical (unpaired) electrons. The first-order chi connectivity index (χ1) is 15.4. The van der Waals surface area contributed by atoms with Crippen molar-refractivity contribution in [1.29, 1.82) is 0 Å². The van der Waals surface area contributed by atoms with E-state index in [1.54, 1.807) is 20.8 Å². The summed E-state index contributed by atoms with van der Waals surface area (Å²) in [6, 6.07) is 0. The fraction of sp³-hybridized carbons (Fsp3) is 0.857. The summed E-state index contributed by atoms with van der Waals surface area (Å²) in [4.78, 5) is 35.3. The monoisotopic (exact) mass is 476 g/mol. The highest BCUT2D eigenvalue weighted by Gasteiger charge is 2.62. The average Bonchev–Trinajstić information content (AvgIpc) is 3.14. The van der Waals surface area contributed by atoms with E-state index in [0.717, 1.165) is 0 Å². The van der Waals surface area contributed by atoms with E-state index in [9.17, 15) is 14.4 Å². The Hall–Kier alpha value is -1.83. The first-order valence-corrected chi connectivity index (χ1v) is 10.7. The molecule has 0 aliphatic carbocycles. The molecule has 0 saturated carbocycles. The highest BCUT2D eigenvalue weighted by Crippen LogP contribution is 2.44. The number of carbonyl (C=O) groups excluding carboxylic acids is 3. The van der Waals surface area contributed by atoms with Crippen molar-refractivity contribution in [3.8, 4) is 0 Å². The molecular weight excluding hydrogens is 444 g/mol. The summed E-state index contributed by atoms with van der Waals surface area (Å²) in [7, 11) is 1.50. The van der Waals surface area contributed by atoms with Gasteiger partial charge in [0.25, 0.3) is 0 Å². The van der Waals surface area contributed by atoms with E-state index < -0.39 is 72.4 Å². The number of ether oxygens (including phenoxy) is 9. The molecule has 33 heavy (non-hydrogen) atoms. The van der Waals surface area contributed by atoms with Gasteiger partial charge in [-0.05, 0) is 20.8 Å². The van der Waals surface area contributed by atoms with Crippen LogP contribution in [0.5, 0.6) is 0 Å². The molecule has 188 valence electrons. The Morgan fingerprint density at radius 1 is 0.909 bits per heavy atom. The molecule has 0 aromatic carbocycles. The summed E-state index contributed by atoms with van der Waals surface area (Å²) in [6.07, 6.45) is -6.52. The quantitative estimate of drug-likeness (QED) is 0.373. The van der Waals surface area contributed by atoms with E-state index in [1.807, 2.05) is 0 Å². The van der Waals surface area contributed by atoms with Crippen molar-refractivity contribution in [3.63, 3.8) is 0 Å². The molecule has 3 rings (SSSR count). The lowest BCUT2D eigenvalue weighted by Crippen LogP contribution is -2.62. The Labute approximate surface area is 192 Å². The SMILES string of the molecule is CO[C@@H]1OC[C@@]2(CO[C@@H]3O[C@@H](C)[C@H](OC(C)=O)[C@@H](OC(C)=O)[C@H]3OC(C)=O)OC(C)(C)O[C@@H]12. The average molecular weight is 476 g/mol. The molecule has 3 heterocycles. The standard InChI is InChI=1S/C21H32O12/c1-10-14(29-11(2)22)15(30-12(3)23)16(31-13(4)24)18(28-10)26-8-21-9-27-19(25-7)17(21)32-20(5,6)33-21/h10,14-19H,8-9H2,1-7H3/t10-,14-,15+,16+,17-,18+,19+,21+/m0/s1. The first-order valence-electron chi connectivity index (χ1n) is 10.7. The largest absolute Gasteiger partial charge is 0.456 e. The summed E-state index contributed by atoms with van der Waals surface area (Å²) in [5, 5.41) is 0. The van der Waals surface area contributed by atoms with Gasteiger partial charge >= 0.3 is 17.9 Å². The highest BCUT2D eigenvalue weighted by molar-refractivity contribution is 5.68. The minimum atomic E-state index is -1.21. The lowest BCUT2D eigenvalue weighted by Gasteiger charge is -2.44. The van der Waals surface area contributed by atoms with Gasteiger partial charge in [-0.15, -0.1) is 0 Å². The van der Waals surface area contributed by atoms with Crippen LogP contribution >= 0.6 is 0 Å². The maximum absolute atomic E-state index is 11.8. The smallest absolute Gasteiger partial charge is 0.303 e. The Kier molecular flexibility index (Phi) is 7.66. The van der Waals surface area contributed by atoms with Crippen LogP contribution in [0.2, 0.25) is 0 Å². The molecule has 0 aromatic heterocycles. The van der Waals surface area contributed by atoms with Crippen molar-refractivity contribution in [2.24, 2.45) is 0 Å². The van der Waals surface area contributed by atoms with Crippen LogP contribution in [-0.4, -0.2) is 92.7 Å². The fourth-order valence-corrected chi connectivity index (χ4v) is 4.38.